The summed E-state index contributed by atoms with van der Waals surface area (Å²) in [6.45, 7) is 2.59. The molecule has 1 saturated carbocycles. The summed E-state index contributed by atoms with van der Waals surface area (Å²) in [4.78, 5) is 0.309. The fraction of sp³-hybridized carbons (Fsp3) is 0.538. The maximum atomic E-state index is 12.5. The Morgan fingerprint density at radius 1 is 1.45 bits per heavy atom. The molecule has 1 fully saturated rings. The molecule has 0 heterocycles. The van der Waals surface area contributed by atoms with Crippen LogP contribution in [0.1, 0.15) is 24.0 Å². The first-order chi connectivity index (χ1) is 9.33. The van der Waals surface area contributed by atoms with Crippen LogP contribution in [0.3, 0.4) is 0 Å². The average molecular weight is 379 g/mol. The number of hydrogen-bond donors (Lipinski definition) is 2. The molecule has 1 aliphatic carbocycles. The van der Waals surface area contributed by atoms with E-state index < -0.39 is 10.0 Å². The van der Waals surface area contributed by atoms with E-state index >= 15 is 0 Å². The molecule has 3 N–H and O–H groups in total. The van der Waals surface area contributed by atoms with E-state index in [1.54, 1.807) is 24.8 Å². The number of benzene rings is 1. The average Bonchev–Trinajstić information content (AvgIpc) is 3.20. The van der Waals surface area contributed by atoms with Crippen LogP contribution < -0.4 is 10.5 Å². The molecule has 2 rings (SSSR count). The van der Waals surface area contributed by atoms with E-state index in [1.165, 1.54) is 0 Å². The Kier molecular flexibility index (Phi) is 4.86. The van der Waals surface area contributed by atoms with Gasteiger partial charge in [0.25, 0.3) is 0 Å². The zero-order chi connectivity index (χ0) is 15.0. The van der Waals surface area contributed by atoms with Gasteiger partial charge in [0.1, 0.15) is 0 Å². The van der Waals surface area contributed by atoms with Crippen molar-refractivity contribution >= 4 is 37.7 Å². The quantitative estimate of drug-likeness (QED) is 0.796. The van der Waals surface area contributed by atoms with Crippen LogP contribution in [0.2, 0.25) is 0 Å². The van der Waals surface area contributed by atoms with Crippen molar-refractivity contribution in [2.45, 2.75) is 36.0 Å². The van der Waals surface area contributed by atoms with Crippen molar-refractivity contribution in [3.63, 3.8) is 0 Å². The molecule has 0 saturated heterocycles. The normalized spacial score (nSPS) is 17.2. The summed E-state index contributed by atoms with van der Waals surface area (Å²) in [5.41, 5.74) is 7.13. The van der Waals surface area contributed by atoms with Crippen molar-refractivity contribution in [3.05, 3.63) is 27.7 Å². The largest absolute Gasteiger partial charge is 0.326 e. The van der Waals surface area contributed by atoms with Gasteiger partial charge in [-0.2, -0.15) is 11.8 Å². The lowest BCUT2D eigenvalue weighted by molar-refractivity contribution is 0.579. The molecule has 7 heteroatoms. The van der Waals surface area contributed by atoms with Crippen LogP contribution in [-0.4, -0.2) is 26.0 Å². The van der Waals surface area contributed by atoms with Crippen LogP contribution in [0.15, 0.2) is 21.5 Å². The van der Waals surface area contributed by atoms with E-state index in [4.69, 9.17) is 5.73 Å². The van der Waals surface area contributed by atoms with Crippen LogP contribution in [0, 0.1) is 6.92 Å². The van der Waals surface area contributed by atoms with Crippen molar-refractivity contribution in [1.29, 1.82) is 0 Å². The van der Waals surface area contributed by atoms with Gasteiger partial charge in [-0.15, -0.1) is 0 Å². The molecule has 1 aromatic carbocycles. The van der Waals surface area contributed by atoms with Crippen molar-refractivity contribution in [3.8, 4) is 0 Å². The van der Waals surface area contributed by atoms with Gasteiger partial charge in [-0.05, 0) is 49.3 Å². The molecule has 0 amide bonds. The fourth-order valence-corrected chi connectivity index (χ4v) is 4.90. The molecule has 0 unspecified atom stereocenters. The zero-order valence-electron chi connectivity index (χ0n) is 11.6. The summed E-state index contributed by atoms with van der Waals surface area (Å²) < 4.78 is 28.6. The van der Waals surface area contributed by atoms with Gasteiger partial charge in [0.2, 0.25) is 10.0 Å². The zero-order valence-corrected chi connectivity index (χ0v) is 14.8. The summed E-state index contributed by atoms with van der Waals surface area (Å²) in [6, 6.07) is 3.51. The molecule has 0 atom stereocenters. The summed E-state index contributed by atoms with van der Waals surface area (Å²) >= 11 is 5.13. The second kappa shape index (κ2) is 5.96. The molecule has 0 radical (unpaired) electrons. The predicted octanol–water partition coefficient (Wildman–Crippen LogP) is 2.39. The van der Waals surface area contributed by atoms with Crippen molar-refractivity contribution in [2.24, 2.45) is 5.73 Å². The number of nitrogens with one attached hydrogen (secondary N) is 1. The standard InChI is InChI=1S/C13H19BrN2O2S2/c1-9-11(14)5-10(7-15)6-12(9)20(17,18)16-8-13(19-2)3-4-13/h5-6,16H,3-4,7-8,15H2,1-2H3. The molecule has 4 nitrogen and oxygen atoms in total. The predicted molar refractivity (Wildman–Crippen MR) is 87.4 cm³/mol. The third-order valence-corrected chi connectivity index (χ3v) is 7.48. The van der Waals surface area contributed by atoms with Crippen LogP contribution in [-0.2, 0) is 16.6 Å². The fourth-order valence-electron chi connectivity index (χ4n) is 2.00. The number of sulfonamides is 1. The molecule has 0 bridgehead atoms. The lowest BCUT2D eigenvalue weighted by Gasteiger charge is -2.16. The smallest absolute Gasteiger partial charge is 0.240 e. The van der Waals surface area contributed by atoms with Gasteiger partial charge in [-0.3, -0.25) is 0 Å². The van der Waals surface area contributed by atoms with E-state index in [9.17, 15) is 8.42 Å². The lowest BCUT2D eigenvalue weighted by Crippen LogP contribution is -2.32. The Bertz CT molecular complexity index is 613. The van der Waals surface area contributed by atoms with E-state index in [0.29, 0.717) is 23.5 Å². The maximum Gasteiger partial charge on any atom is 0.240 e. The van der Waals surface area contributed by atoms with E-state index in [-0.39, 0.29) is 4.75 Å². The van der Waals surface area contributed by atoms with Gasteiger partial charge in [0, 0.05) is 22.3 Å². The highest BCUT2D eigenvalue weighted by Crippen LogP contribution is 2.46. The van der Waals surface area contributed by atoms with Crippen molar-refractivity contribution in [1.82, 2.24) is 4.72 Å². The number of rotatable bonds is 6. The minimum atomic E-state index is -3.50. The molecular weight excluding hydrogens is 360 g/mol. The molecular formula is C13H19BrN2O2S2. The Hall–Kier alpha value is -0.0800. The van der Waals surface area contributed by atoms with Gasteiger partial charge >= 0.3 is 0 Å². The SMILES string of the molecule is CSC1(CNS(=O)(=O)c2cc(CN)cc(Br)c2C)CC1. The molecule has 0 spiro atoms. The van der Waals surface area contributed by atoms with Crippen molar-refractivity contribution in [2.75, 3.05) is 12.8 Å². The summed E-state index contributed by atoms with van der Waals surface area (Å²) in [7, 11) is -3.50. The molecule has 0 aromatic heterocycles. The molecule has 112 valence electrons. The highest BCUT2D eigenvalue weighted by molar-refractivity contribution is 9.10. The third-order valence-electron chi connectivity index (χ3n) is 3.71. The molecule has 1 aliphatic rings. The Morgan fingerprint density at radius 3 is 2.60 bits per heavy atom. The first kappa shape index (κ1) is 16.3. The monoisotopic (exact) mass is 378 g/mol. The Labute approximate surface area is 133 Å². The molecule has 1 aromatic rings. The third kappa shape index (κ3) is 3.39. The Morgan fingerprint density at radius 2 is 2.10 bits per heavy atom. The molecule has 0 aliphatic heterocycles. The minimum absolute atomic E-state index is 0.101. The van der Waals surface area contributed by atoms with Crippen LogP contribution in [0.5, 0.6) is 0 Å². The van der Waals surface area contributed by atoms with Crippen LogP contribution >= 0.6 is 27.7 Å². The van der Waals surface area contributed by atoms with E-state index in [2.05, 4.69) is 20.7 Å². The highest BCUT2D eigenvalue weighted by Gasteiger charge is 2.42. The van der Waals surface area contributed by atoms with Crippen molar-refractivity contribution < 1.29 is 8.42 Å². The second-order valence-corrected chi connectivity index (χ2v) is 8.98. The number of nitrogens with two attached hydrogens (primary N) is 1. The van der Waals surface area contributed by atoms with Gasteiger partial charge in [-0.1, -0.05) is 15.9 Å². The summed E-state index contributed by atoms with van der Waals surface area (Å²) in [5, 5.41) is 0. The van der Waals surface area contributed by atoms with Crippen LogP contribution in [0.25, 0.3) is 0 Å². The number of hydrogen-bond acceptors (Lipinski definition) is 4. The van der Waals surface area contributed by atoms with Gasteiger partial charge in [0.15, 0.2) is 0 Å². The van der Waals surface area contributed by atoms with E-state index in [1.807, 2.05) is 12.3 Å². The minimum Gasteiger partial charge on any atom is -0.326 e. The highest BCUT2D eigenvalue weighted by atomic mass is 79.9. The first-order valence-corrected chi connectivity index (χ1v) is 9.87. The van der Waals surface area contributed by atoms with Gasteiger partial charge < -0.3 is 5.73 Å². The Balaban J connectivity index is 2.27. The maximum absolute atomic E-state index is 12.5. The summed E-state index contributed by atoms with van der Waals surface area (Å²) in [6.07, 6.45) is 4.17. The van der Waals surface area contributed by atoms with Gasteiger partial charge in [0.05, 0.1) is 4.90 Å². The first-order valence-electron chi connectivity index (χ1n) is 6.37. The van der Waals surface area contributed by atoms with Crippen LogP contribution in [0.4, 0.5) is 0 Å². The van der Waals surface area contributed by atoms with Gasteiger partial charge in [-0.25, -0.2) is 13.1 Å². The van der Waals surface area contributed by atoms with E-state index in [0.717, 1.165) is 22.9 Å². The number of thioether (sulfide) groups is 1. The lowest BCUT2D eigenvalue weighted by atomic mass is 10.1. The number of halogens is 1. The second-order valence-electron chi connectivity index (χ2n) is 5.12. The molecule has 20 heavy (non-hydrogen) atoms. The topological polar surface area (TPSA) is 72.2 Å². The summed E-state index contributed by atoms with van der Waals surface area (Å²) in [5.74, 6) is 0.